The fraction of sp³-hybridized carbons (Fsp3) is 0.750. The summed E-state index contributed by atoms with van der Waals surface area (Å²) in [6, 6.07) is 0.527. The number of nitrogens with two attached hydrogens (primary N) is 1. The number of methoxy groups -OCH3 is 1. The minimum Gasteiger partial charge on any atom is -0.383 e. The van der Waals surface area contributed by atoms with E-state index in [2.05, 4.69) is 23.7 Å². The molecule has 0 amide bonds. The SMILES string of the molecule is CCC(C)N(CCOC)c1ncc(C(C)N)s1. The van der Waals surface area contributed by atoms with Crippen molar-refractivity contribution in [3.05, 3.63) is 11.1 Å². The van der Waals surface area contributed by atoms with Gasteiger partial charge in [-0.3, -0.25) is 0 Å². The molecule has 4 nitrogen and oxygen atoms in total. The largest absolute Gasteiger partial charge is 0.383 e. The van der Waals surface area contributed by atoms with E-state index in [0.29, 0.717) is 6.04 Å². The summed E-state index contributed by atoms with van der Waals surface area (Å²) in [6.07, 6.45) is 2.98. The molecule has 2 unspecified atom stereocenters. The maximum absolute atomic E-state index is 5.86. The smallest absolute Gasteiger partial charge is 0.185 e. The number of thiazole rings is 1. The van der Waals surface area contributed by atoms with Gasteiger partial charge in [-0.1, -0.05) is 6.92 Å². The fourth-order valence-electron chi connectivity index (χ4n) is 1.53. The van der Waals surface area contributed by atoms with Gasteiger partial charge in [0.15, 0.2) is 5.13 Å². The van der Waals surface area contributed by atoms with Gasteiger partial charge in [-0.2, -0.15) is 0 Å². The van der Waals surface area contributed by atoms with Crippen molar-refractivity contribution >= 4 is 16.5 Å². The number of hydrogen-bond donors (Lipinski definition) is 1. The highest BCUT2D eigenvalue weighted by atomic mass is 32.1. The van der Waals surface area contributed by atoms with Gasteiger partial charge in [0.25, 0.3) is 0 Å². The zero-order valence-corrected chi connectivity index (χ0v) is 12.0. The molecule has 2 atom stereocenters. The Morgan fingerprint density at radius 2 is 2.24 bits per heavy atom. The van der Waals surface area contributed by atoms with Crippen molar-refractivity contribution in [1.82, 2.24) is 4.98 Å². The van der Waals surface area contributed by atoms with Crippen molar-refractivity contribution in [2.45, 2.75) is 39.3 Å². The van der Waals surface area contributed by atoms with Gasteiger partial charge in [-0.05, 0) is 20.3 Å². The molecule has 1 aromatic heterocycles. The van der Waals surface area contributed by atoms with Crippen molar-refractivity contribution in [2.75, 3.05) is 25.2 Å². The number of anilines is 1. The molecular weight excluding hydrogens is 234 g/mol. The summed E-state index contributed by atoms with van der Waals surface area (Å²) in [5.74, 6) is 0. The zero-order valence-electron chi connectivity index (χ0n) is 11.1. The van der Waals surface area contributed by atoms with Crippen LogP contribution in [0.3, 0.4) is 0 Å². The predicted molar refractivity (Wildman–Crippen MR) is 73.7 cm³/mol. The van der Waals surface area contributed by atoms with E-state index >= 15 is 0 Å². The van der Waals surface area contributed by atoms with E-state index in [4.69, 9.17) is 10.5 Å². The van der Waals surface area contributed by atoms with Crippen LogP contribution in [0.25, 0.3) is 0 Å². The fourth-order valence-corrected chi connectivity index (χ4v) is 2.53. The summed E-state index contributed by atoms with van der Waals surface area (Å²) in [6.45, 7) is 7.97. The molecule has 0 radical (unpaired) electrons. The summed E-state index contributed by atoms with van der Waals surface area (Å²) in [7, 11) is 1.73. The van der Waals surface area contributed by atoms with E-state index in [1.807, 2.05) is 13.1 Å². The van der Waals surface area contributed by atoms with Crippen LogP contribution in [0.15, 0.2) is 6.20 Å². The average molecular weight is 257 g/mol. The maximum atomic E-state index is 5.86. The molecule has 0 saturated heterocycles. The lowest BCUT2D eigenvalue weighted by Crippen LogP contribution is -2.35. The maximum Gasteiger partial charge on any atom is 0.185 e. The van der Waals surface area contributed by atoms with Crippen LogP contribution in [-0.4, -0.2) is 31.3 Å². The quantitative estimate of drug-likeness (QED) is 0.815. The third-order valence-corrected chi connectivity index (χ3v) is 4.10. The van der Waals surface area contributed by atoms with Gasteiger partial charge < -0.3 is 15.4 Å². The van der Waals surface area contributed by atoms with Gasteiger partial charge in [-0.25, -0.2) is 4.98 Å². The molecule has 0 spiro atoms. The lowest BCUT2D eigenvalue weighted by Gasteiger charge is -2.27. The Kier molecular flexibility index (Phi) is 5.88. The Morgan fingerprint density at radius 3 is 2.71 bits per heavy atom. The molecule has 0 aliphatic heterocycles. The molecule has 1 rings (SSSR count). The first kappa shape index (κ1) is 14.4. The highest BCUT2D eigenvalue weighted by Gasteiger charge is 2.17. The van der Waals surface area contributed by atoms with E-state index < -0.39 is 0 Å². The molecule has 17 heavy (non-hydrogen) atoms. The number of rotatable bonds is 7. The topological polar surface area (TPSA) is 51.4 Å². The predicted octanol–water partition coefficient (Wildman–Crippen LogP) is 2.41. The standard InChI is InChI=1S/C12H23N3OS/c1-5-9(2)15(6-7-16-4)12-14-8-11(17-12)10(3)13/h8-10H,5-7,13H2,1-4H3. The van der Waals surface area contributed by atoms with Gasteiger partial charge in [-0.15, -0.1) is 11.3 Å². The molecule has 0 aliphatic carbocycles. The summed E-state index contributed by atoms with van der Waals surface area (Å²) in [5, 5.41) is 1.05. The summed E-state index contributed by atoms with van der Waals surface area (Å²) < 4.78 is 5.15. The lowest BCUT2D eigenvalue weighted by molar-refractivity contribution is 0.203. The third kappa shape index (κ3) is 3.94. The summed E-state index contributed by atoms with van der Waals surface area (Å²) in [5.41, 5.74) is 5.86. The van der Waals surface area contributed by atoms with Crippen molar-refractivity contribution in [2.24, 2.45) is 5.73 Å². The molecule has 0 saturated carbocycles. The van der Waals surface area contributed by atoms with Crippen LogP contribution in [0.1, 0.15) is 38.1 Å². The molecule has 98 valence electrons. The van der Waals surface area contributed by atoms with E-state index in [9.17, 15) is 0 Å². The Labute approximate surface area is 108 Å². The number of aromatic nitrogens is 1. The molecule has 0 aromatic carbocycles. The highest BCUT2D eigenvalue weighted by molar-refractivity contribution is 7.15. The second-order valence-corrected chi connectivity index (χ2v) is 5.32. The molecule has 2 N–H and O–H groups in total. The van der Waals surface area contributed by atoms with E-state index in [1.165, 1.54) is 0 Å². The van der Waals surface area contributed by atoms with Gasteiger partial charge in [0.05, 0.1) is 6.61 Å². The zero-order chi connectivity index (χ0) is 12.8. The minimum absolute atomic E-state index is 0.0578. The van der Waals surface area contributed by atoms with Crippen molar-refractivity contribution < 1.29 is 4.74 Å². The first-order chi connectivity index (χ1) is 8.10. The van der Waals surface area contributed by atoms with Crippen LogP contribution >= 0.6 is 11.3 Å². The van der Waals surface area contributed by atoms with Crippen molar-refractivity contribution in [1.29, 1.82) is 0 Å². The lowest BCUT2D eigenvalue weighted by atomic mass is 10.2. The van der Waals surface area contributed by atoms with Crippen LogP contribution in [0.2, 0.25) is 0 Å². The Hall–Kier alpha value is -0.650. The van der Waals surface area contributed by atoms with E-state index in [1.54, 1.807) is 18.4 Å². The number of nitrogens with zero attached hydrogens (tertiary/aromatic N) is 2. The molecule has 0 bridgehead atoms. The molecule has 0 aliphatic rings. The van der Waals surface area contributed by atoms with Crippen LogP contribution < -0.4 is 10.6 Å². The Morgan fingerprint density at radius 1 is 1.53 bits per heavy atom. The van der Waals surface area contributed by atoms with Gasteiger partial charge in [0.1, 0.15) is 0 Å². The molecular formula is C12H23N3OS. The van der Waals surface area contributed by atoms with Crippen LogP contribution in [0, 0.1) is 0 Å². The average Bonchev–Trinajstić information content (AvgIpc) is 2.78. The van der Waals surface area contributed by atoms with Crippen LogP contribution in [-0.2, 0) is 4.74 Å². The first-order valence-electron chi connectivity index (χ1n) is 6.07. The molecule has 1 heterocycles. The number of hydrogen-bond acceptors (Lipinski definition) is 5. The second kappa shape index (κ2) is 6.93. The van der Waals surface area contributed by atoms with Crippen LogP contribution in [0.5, 0.6) is 0 Å². The van der Waals surface area contributed by atoms with E-state index in [-0.39, 0.29) is 6.04 Å². The Balaban J connectivity index is 2.80. The normalized spacial score (nSPS) is 14.6. The number of ether oxygens (including phenoxy) is 1. The minimum atomic E-state index is 0.0578. The van der Waals surface area contributed by atoms with E-state index in [0.717, 1.165) is 29.6 Å². The highest BCUT2D eigenvalue weighted by Crippen LogP contribution is 2.27. The summed E-state index contributed by atoms with van der Waals surface area (Å²) in [4.78, 5) is 7.89. The monoisotopic (exact) mass is 257 g/mol. The second-order valence-electron chi connectivity index (χ2n) is 4.28. The van der Waals surface area contributed by atoms with Gasteiger partial charge in [0, 0.05) is 36.8 Å². The van der Waals surface area contributed by atoms with Gasteiger partial charge in [0.2, 0.25) is 0 Å². The molecule has 1 aromatic rings. The third-order valence-electron chi connectivity index (χ3n) is 2.87. The van der Waals surface area contributed by atoms with Crippen molar-refractivity contribution in [3.8, 4) is 0 Å². The van der Waals surface area contributed by atoms with Crippen LogP contribution in [0.4, 0.5) is 5.13 Å². The Bertz CT molecular complexity index is 327. The van der Waals surface area contributed by atoms with Crippen molar-refractivity contribution in [3.63, 3.8) is 0 Å². The first-order valence-corrected chi connectivity index (χ1v) is 6.88. The molecule has 0 fully saturated rings. The summed E-state index contributed by atoms with van der Waals surface area (Å²) >= 11 is 1.68. The molecule has 5 heteroatoms. The van der Waals surface area contributed by atoms with Gasteiger partial charge >= 0.3 is 0 Å².